The molecule has 0 aliphatic rings. The van der Waals surface area contributed by atoms with Crippen LogP contribution in [0, 0.1) is 0 Å². The minimum absolute atomic E-state index is 0.280. The first kappa shape index (κ1) is 19.0. The Morgan fingerprint density at radius 3 is 2.59 bits per heavy atom. The van der Waals surface area contributed by atoms with Crippen molar-refractivity contribution >= 4 is 40.6 Å². The summed E-state index contributed by atoms with van der Waals surface area (Å²) in [5.41, 5.74) is 2.10. The number of halogens is 1. The molecule has 1 N–H and O–H groups in total. The summed E-state index contributed by atoms with van der Waals surface area (Å²) in [6.45, 7) is 0.362. The van der Waals surface area contributed by atoms with E-state index in [0.29, 0.717) is 23.1 Å². The van der Waals surface area contributed by atoms with Crippen molar-refractivity contribution in [3.05, 3.63) is 87.6 Å². The summed E-state index contributed by atoms with van der Waals surface area (Å²) < 4.78 is 1.46. The first-order chi connectivity index (χ1) is 14.2. The molecule has 0 radical (unpaired) electrons. The minimum atomic E-state index is -0.280. The molecule has 2 aromatic heterocycles. The molecule has 4 aromatic rings. The summed E-state index contributed by atoms with van der Waals surface area (Å²) in [4.78, 5) is 14.0. The van der Waals surface area contributed by atoms with Gasteiger partial charge in [-0.3, -0.25) is 4.79 Å². The van der Waals surface area contributed by atoms with Gasteiger partial charge in [-0.15, -0.1) is 16.4 Å². The van der Waals surface area contributed by atoms with Crippen LogP contribution in [-0.4, -0.2) is 26.1 Å². The standard InChI is InChI=1S/C21H16ClN5OS/c22-17-10-8-15(9-11-17)14-23-21(28)19(13-18-7-4-12-29-18)27-20(24-25-26-27)16-5-2-1-3-6-16/h1-13H,14H2,(H,23,28)/b19-13-. The van der Waals surface area contributed by atoms with Crippen LogP contribution in [0.3, 0.4) is 0 Å². The number of tetrazole rings is 1. The Labute approximate surface area is 176 Å². The highest BCUT2D eigenvalue weighted by molar-refractivity contribution is 7.10. The third kappa shape index (κ3) is 4.59. The van der Waals surface area contributed by atoms with Gasteiger partial charge in [-0.05, 0) is 45.6 Å². The zero-order valence-corrected chi connectivity index (χ0v) is 16.8. The van der Waals surface area contributed by atoms with E-state index in [2.05, 4.69) is 20.8 Å². The lowest BCUT2D eigenvalue weighted by Crippen LogP contribution is -2.27. The van der Waals surface area contributed by atoms with Gasteiger partial charge in [-0.2, -0.15) is 4.68 Å². The summed E-state index contributed by atoms with van der Waals surface area (Å²) in [7, 11) is 0. The van der Waals surface area contributed by atoms with Gasteiger partial charge in [0.2, 0.25) is 0 Å². The molecular weight excluding hydrogens is 406 g/mol. The van der Waals surface area contributed by atoms with E-state index >= 15 is 0 Å². The number of hydrogen-bond acceptors (Lipinski definition) is 5. The second kappa shape index (κ2) is 8.81. The van der Waals surface area contributed by atoms with Crippen LogP contribution in [0.1, 0.15) is 10.4 Å². The molecule has 2 heterocycles. The van der Waals surface area contributed by atoms with Crippen LogP contribution in [-0.2, 0) is 11.3 Å². The average molecular weight is 422 g/mol. The maximum absolute atomic E-state index is 13.1. The Kier molecular flexibility index (Phi) is 5.79. The van der Waals surface area contributed by atoms with E-state index in [4.69, 9.17) is 11.6 Å². The van der Waals surface area contributed by atoms with Crippen molar-refractivity contribution in [2.24, 2.45) is 0 Å². The zero-order chi connectivity index (χ0) is 20.1. The molecule has 0 fully saturated rings. The van der Waals surface area contributed by atoms with Gasteiger partial charge >= 0.3 is 0 Å². The summed E-state index contributed by atoms with van der Waals surface area (Å²) >= 11 is 7.46. The molecular formula is C21H16ClN5OS. The van der Waals surface area contributed by atoms with Crippen molar-refractivity contribution in [3.8, 4) is 11.4 Å². The van der Waals surface area contributed by atoms with Crippen molar-refractivity contribution in [1.29, 1.82) is 0 Å². The molecule has 144 valence electrons. The zero-order valence-electron chi connectivity index (χ0n) is 15.2. The van der Waals surface area contributed by atoms with E-state index in [1.165, 1.54) is 16.0 Å². The van der Waals surface area contributed by atoms with Crippen molar-refractivity contribution in [2.45, 2.75) is 6.54 Å². The molecule has 29 heavy (non-hydrogen) atoms. The number of carbonyl (C=O) groups is 1. The first-order valence-corrected chi connectivity index (χ1v) is 10.1. The highest BCUT2D eigenvalue weighted by Gasteiger charge is 2.19. The number of rotatable bonds is 6. The average Bonchev–Trinajstić information content (AvgIpc) is 3.44. The molecule has 2 aromatic carbocycles. The Hall–Kier alpha value is -3.29. The third-order valence-electron chi connectivity index (χ3n) is 4.15. The van der Waals surface area contributed by atoms with Crippen molar-refractivity contribution < 1.29 is 4.79 Å². The molecule has 0 aliphatic heterocycles. The maximum Gasteiger partial charge on any atom is 0.270 e. The Bertz CT molecular complexity index is 1120. The number of thiophene rings is 1. The summed E-state index contributed by atoms with van der Waals surface area (Å²) in [6.07, 6.45) is 1.78. The van der Waals surface area contributed by atoms with Crippen LogP contribution in [0.4, 0.5) is 0 Å². The van der Waals surface area contributed by atoms with Crippen LogP contribution in [0.15, 0.2) is 72.1 Å². The van der Waals surface area contributed by atoms with Gasteiger partial charge in [-0.25, -0.2) is 0 Å². The van der Waals surface area contributed by atoms with Crippen LogP contribution in [0.5, 0.6) is 0 Å². The summed E-state index contributed by atoms with van der Waals surface area (Å²) in [6, 6.07) is 20.7. The lowest BCUT2D eigenvalue weighted by molar-refractivity contribution is -0.116. The predicted octanol–water partition coefficient (Wildman–Crippen LogP) is 4.37. The molecule has 1 amide bonds. The second-order valence-electron chi connectivity index (χ2n) is 6.13. The van der Waals surface area contributed by atoms with Crippen LogP contribution in [0.2, 0.25) is 5.02 Å². The molecule has 0 bridgehead atoms. The van der Waals surface area contributed by atoms with E-state index in [0.717, 1.165) is 16.0 Å². The Morgan fingerprint density at radius 2 is 1.86 bits per heavy atom. The molecule has 0 unspecified atom stereocenters. The first-order valence-electron chi connectivity index (χ1n) is 8.83. The van der Waals surface area contributed by atoms with Gasteiger partial charge in [0.05, 0.1) is 0 Å². The third-order valence-corrected chi connectivity index (χ3v) is 5.22. The highest BCUT2D eigenvalue weighted by Crippen LogP contribution is 2.22. The van der Waals surface area contributed by atoms with E-state index in [1.807, 2.05) is 60.0 Å². The molecule has 0 aliphatic carbocycles. The SMILES string of the molecule is O=C(NCc1ccc(Cl)cc1)/C(=C/c1cccs1)n1nnnc1-c1ccccc1. The number of nitrogens with one attached hydrogen (secondary N) is 1. The van der Waals surface area contributed by atoms with E-state index in [9.17, 15) is 4.79 Å². The van der Waals surface area contributed by atoms with Crippen LogP contribution < -0.4 is 5.32 Å². The number of nitrogens with zero attached hydrogens (tertiary/aromatic N) is 4. The van der Waals surface area contributed by atoms with Gasteiger partial charge in [0.1, 0.15) is 5.70 Å². The number of benzene rings is 2. The lowest BCUT2D eigenvalue weighted by atomic mass is 10.2. The summed E-state index contributed by atoms with van der Waals surface area (Å²) in [5.74, 6) is 0.216. The highest BCUT2D eigenvalue weighted by atomic mass is 35.5. The topological polar surface area (TPSA) is 72.7 Å². The molecule has 0 saturated heterocycles. The lowest BCUT2D eigenvalue weighted by Gasteiger charge is -2.11. The Morgan fingerprint density at radius 1 is 1.07 bits per heavy atom. The molecule has 8 heteroatoms. The van der Waals surface area contributed by atoms with E-state index in [-0.39, 0.29) is 5.91 Å². The van der Waals surface area contributed by atoms with Gasteiger partial charge in [0.15, 0.2) is 5.82 Å². The molecule has 6 nitrogen and oxygen atoms in total. The normalized spacial score (nSPS) is 11.4. The smallest absolute Gasteiger partial charge is 0.270 e. The largest absolute Gasteiger partial charge is 0.347 e. The van der Waals surface area contributed by atoms with E-state index in [1.54, 1.807) is 18.2 Å². The van der Waals surface area contributed by atoms with Crippen LogP contribution >= 0.6 is 22.9 Å². The maximum atomic E-state index is 13.1. The van der Waals surface area contributed by atoms with Crippen molar-refractivity contribution in [2.75, 3.05) is 0 Å². The fourth-order valence-electron chi connectivity index (χ4n) is 2.72. The molecule has 0 saturated carbocycles. The van der Waals surface area contributed by atoms with Crippen LogP contribution in [0.25, 0.3) is 23.2 Å². The van der Waals surface area contributed by atoms with Crippen molar-refractivity contribution in [1.82, 2.24) is 25.5 Å². The quantitative estimate of drug-likeness (QED) is 0.469. The van der Waals surface area contributed by atoms with Gasteiger partial charge in [0, 0.05) is 22.0 Å². The van der Waals surface area contributed by atoms with Gasteiger partial charge in [-0.1, -0.05) is 60.1 Å². The van der Waals surface area contributed by atoms with Gasteiger partial charge in [0.25, 0.3) is 5.91 Å². The number of aromatic nitrogens is 4. The fraction of sp³-hybridized carbons (Fsp3) is 0.0476. The number of amides is 1. The van der Waals surface area contributed by atoms with E-state index < -0.39 is 0 Å². The van der Waals surface area contributed by atoms with Crippen molar-refractivity contribution in [3.63, 3.8) is 0 Å². The number of hydrogen-bond donors (Lipinski definition) is 1. The number of carbonyl (C=O) groups excluding carboxylic acids is 1. The fourth-order valence-corrected chi connectivity index (χ4v) is 3.50. The predicted molar refractivity (Wildman–Crippen MR) is 115 cm³/mol. The molecule has 4 rings (SSSR count). The second-order valence-corrected chi connectivity index (χ2v) is 7.55. The monoisotopic (exact) mass is 421 g/mol. The van der Waals surface area contributed by atoms with Gasteiger partial charge < -0.3 is 5.32 Å². The minimum Gasteiger partial charge on any atom is -0.347 e. The molecule has 0 atom stereocenters. The summed E-state index contributed by atoms with van der Waals surface area (Å²) in [5, 5.41) is 17.5. The Balaban J connectivity index is 1.65. The molecule has 0 spiro atoms.